The molecule has 1 aromatic rings. The summed E-state index contributed by atoms with van der Waals surface area (Å²) in [5, 5.41) is 9.23. The summed E-state index contributed by atoms with van der Waals surface area (Å²) >= 11 is 0. The lowest BCUT2D eigenvalue weighted by atomic mass is 9.70. The number of ether oxygens (including phenoxy) is 2. The molecule has 0 aromatic heterocycles. The van der Waals surface area contributed by atoms with Gasteiger partial charge in [0.15, 0.2) is 0 Å². The van der Waals surface area contributed by atoms with Crippen molar-refractivity contribution in [3.8, 4) is 0 Å². The number of unbranched alkanes of at least 4 members (excludes halogenated alkanes) is 4. The van der Waals surface area contributed by atoms with Crippen LogP contribution < -0.4 is 0 Å². The molecule has 0 saturated carbocycles. The first-order valence-corrected chi connectivity index (χ1v) is 17.8. The molecule has 1 aromatic carbocycles. The zero-order chi connectivity index (χ0) is 34.8. The minimum atomic E-state index is -1.12. The largest absolute Gasteiger partial charge is 0.455 e. The van der Waals surface area contributed by atoms with Crippen LogP contribution in [-0.2, 0) is 28.7 Å². The highest BCUT2D eigenvalue weighted by Gasteiger charge is 2.75. The molecule has 3 amide bonds. The molecule has 3 saturated heterocycles. The van der Waals surface area contributed by atoms with E-state index in [1.54, 1.807) is 33.9 Å². The van der Waals surface area contributed by atoms with E-state index >= 15 is 0 Å². The van der Waals surface area contributed by atoms with Gasteiger partial charge in [-0.05, 0) is 51.0 Å². The van der Waals surface area contributed by atoms with Gasteiger partial charge in [0.05, 0.1) is 24.0 Å². The van der Waals surface area contributed by atoms with Crippen molar-refractivity contribution in [2.24, 2.45) is 11.8 Å². The van der Waals surface area contributed by atoms with Crippen LogP contribution in [0.15, 0.2) is 55.6 Å². The number of hydrogen-bond donors (Lipinski definition) is 1. The summed E-state index contributed by atoms with van der Waals surface area (Å²) < 4.78 is 13.0. The predicted octanol–water partition coefficient (Wildman–Crippen LogP) is 4.83. The number of hydrogen-bond acceptors (Lipinski definition) is 7. The van der Waals surface area contributed by atoms with Crippen molar-refractivity contribution in [1.82, 2.24) is 14.7 Å². The van der Waals surface area contributed by atoms with Crippen molar-refractivity contribution in [2.45, 2.75) is 108 Å². The molecule has 3 aliphatic rings. The molecule has 0 radical (unpaired) electrons. The fourth-order valence-corrected chi connectivity index (χ4v) is 7.78. The van der Waals surface area contributed by atoms with E-state index in [4.69, 9.17) is 9.47 Å². The van der Waals surface area contributed by atoms with E-state index in [-0.39, 0.29) is 24.3 Å². The number of carbonyl (C=O) groups excluding carboxylic acids is 4. The topological polar surface area (TPSA) is 117 Å². The zero-order valence-electron chi connectivity index (χ0n) is 29.1. The van der Waals surface area contributed by atoms with E-state index in [2.05, 4.69) is 20.1 Å². The van der Waals surface area contributed by atoms with Crippen LogP contribution in [0.4, 0.5) is 0 Å². The Labute approximate surface area is 286 Å². The number of aliphatic hydroxyl groups excluding tert-OH is 1. The Kier molecular flexibility index (Phi) is 13.4. The molecule has 10 nitrogen and oxygen atoms in total. The summed E-state index contributed by atoms with van der Waals surface area (Å²) in [6, 6.07) is 8.01. The summed E-state index contributed by atoms with van der Waals surface area (Å²) in [7, 11) is 1.71. The molecule has 0 unspecified atom stereocenters. The highest BCUT2D eigenvalue weighted by Crippen LogP contribution is 2.59. The quantitative estimate of drug-likeness (QED) is 0.121. The maximum Gasteiger partial charge on any atom is 0.313 e. The third kappa shape index (κ3) is 7.70. The first-order valence-electron chi connectivity index (χ1n) is 17.8. The summed E-state index contributed by atoms with van der Waals surface area (Å²) in [5.74, 6) is -2.75. The van der Waals surface area contributed by atoms with Crippen molar-refractivity contribution in [3.05, 3.63) is 61.2 Å². The van der Waals surface area contributed by atoms with Gasteiger partial charge in [0, 0.05) is 39.7 Å². The van der Waals surface area contributed by atoms with E-state index in [1.165, 1.54) is 0 Å². The van der Waals surface area contributed by atoms with Crippen LogP contribution >= 0.6 is 0 Å². The molecule has 264 valence electrons. The highest BCUT2D eigenvalue weighted by molar-refractivity contribution is 5.98. The number of allylic oxidation sites excluding steroid dienone is 1. The number of esters is 1. The second-order valence-corrected chi connectivity index (χ2v) is 13.5. The number of carbonyl (C=O) groups is 4. The van der Waals surface area contributed by atoms with Crippen LogP contribution in [-0.4, -0.2) is 101 Å². The smallest absolute Gasteiger partial charge is 0.313 e. The molecule has 2 bridgehead atoms. The summed E-state index contributed by atoms with van der Waals surface area (Å²) in [4.78, 5) is 61.2. The van der Waals surface area contributed by atoms with Gasteiger partial charge in [0.1, 0.15) is 17.7 Å². The van der Waals surface area contributed by atoms with E-state index in [0.717, 1.165) is 31.2 Å². The number of likely N-dealkylation sites (N-methyl/N-ethyl adjacent to an activating group) is 1. The standard InChI is InChI=1S/C38H55N3O7/c1-6-9-20-30(43)39(5)27(4)33(28-18-14-13-15-19-28)47-37(46)31-29-21-22-38(48-29)32(31)35(44)41(25-16-11-12-17-26-42)34(38)36(45)40(23-8-3)24-10-7-2/h6,8,13-15,18-19,27,29,31-34,42H,1,3,7,9-12,16-17,20-26H2,2,4-5H3/t27-,29+,31-,32-,33+,34+,38-/m0/s1. The van der Waals surface area contributed by atoms with Crippen molar-refractivity contribution in [1.29, 1.82) is 0 Å². The van der Waals surface area contributed by atoms with Crippen LogP contribution in [0.3, 0.4) is 0 Å². The van der Waals surface area contributed by atoms with Crippen LogP contribution in [0.25, 0.3) is 0 Å². The number of fused-ring (bicyclic) bond motifs is 1. The first-order chi connectivity index (χ1) is 23.2. The second-order valence-electron chi connectivity index (χ2n) is 13.5. The Morgan fingerprint density at radius 3 is 2.52 bits per heavy atom. The Morgan fingerprint density at radius 2 is 1.85 bits per heavy atom. The van der Waals surface area contributed by atoms with Crippen LogP contribution in [0.5, 0.6) is 0 Å². The molecule has 3 aliphatic heterocycles. The number of rotatable bonds is 20. The number of amides is 3. The average Bonchev–Trinajstić information content (AvgIpc) is 3.74. The molecule has 1 spiro atoms. The van der Waals surface area contributed by atoms with Crippen LogP contribution in [0, 0.1) is 11.8 Å². The number of nitrogens with zero attached hydrogens (tertiary/aromatic N) is 3. The molecule has 0 aliphatic carbocycles. The van der Waals surface area contributed by atoms with E-state index in [9.17, 15) is 24.3 Å². The molecule has 1 N–H and O–H groups in total. The van der Waals surface area contributed by atoms with Gasteiger partial charge in [-0.15, -0.1) is 13.2 Å². The number of aliphatic hydroxyl groups is 1. The summed E-state index contributed by atoms with van der Waals surface area (Å²) in [5.41, 5.74) is -0.378. The maximum atomic E-state index is 14.4. The van der Waals surface area contributed by atoms with E-state index < -0.39 is 47.7 Å². The van der Waals surface area contributed by atoms with Gasteiger partial charge in [-0.25, -0.2) is 0 Å². The second kappa shape index (κ2) is 17.2. The third-order valence-corrected chi connectivity index (χ3v) is 10.4. The van der Waals surface area contributed by atoms with Gasteiger partial charge in [-0.2, -0.15) is 0 Å². The lowest BCUT2D eigenvalue weighted by molar-refractivity contribution is -0.164. The third-order valence-electron chi connectivity index (χ3n) is 10.4. The van der Waals surface area contributed by atoms with E-state index in [1.807, 2.05) is 37.3 Å². The normalized spacial score (nSPS) is 25.3. The lowest BCUT2D eigenvalue weighted by Crippen LogP contribution is -2.56. The number of likely N-dealkylation sites (tertiary alicyclic amines) is 1. The van der Waals surface area contributed by atoms with Crippen LogP contribution in [0.1, 0.15) is 89.7 Å². The minimum Gasteiger partial charge on any atom is -0.455 e. The van der Waals surface area contributed by atoms with Gasteiger partial charge in [0.2, 0.25) is 17.7 Å². The molecular formula is C38H55N3O7. The summed E-state index contributed by atoms with van der Waals surface area (Å²) in [6.07, 6.45) is 8.68. The van der Waals surface area contributed by atoms with Crippen molar-refractivity contribution < 1.29 is 33.8 Å². The Balaban J connectivity index is 1.65. The van der Waals surface area contributed by atoms with Gasteiger partial charge in [-0.3, -0.25) is 19.2 Å². The SMILES string of the molecule is C=CCCC(=O)N(C)[C@@H](C)[C@@H](OC(=O)[C@@H]1[C@H]2C(=O)N(CCCCCCO)[C@H](C(=O)N(CC=C)CCCC)[C@]23CC[C@H]1O3)c1ccccc1. The van der Waals surface area contributed by atoms with E-state index in [0.29, 0.717) is 58.2 Å². The van der Waals surface area contributed by atoms with Crippen LogP contribution in [0.2, 0.25) is 0 Å². The van der Waals surface area contributed by atoms with Gasteiger partial charge >= 0.3 is 5.97 Å². The first kappa shape index (κ1) is 37.3. The van der Waals surface area contributed by atoms with Crippen molar-refractivity contribution >= 4 is 23.7 Å². The molecular weight excluding hydrogens is 610 g/mol. The average molecular weight is 666 g/mol. The molecule has 10 heteroatoms. The molecule has 7 atom stereocenters. The minimum absolute atomic E-state index is 0.0873. The molecule has 3 heterocycles. The molecule has 48 heavy (non-hydrogen) atoms. The lowest BCUT2D eigenvalue weighted by Gasteiger charge is -2.37. The van der Waals surface area contributed by atoms with Gasteiger partial charge in [0.25, 0.3) is 0 Å². The Morgan fingerprint density at radius 1 is 1.12 bits per heavy atom. The Bertz CT molecular complexity index is 1290. The number of benzene rings is 1. The molecule has 3 fully saturated rings. The zero-order valence-corrected chi connectivity index (χ0v) is 29.1. The van der Waals surface area contributed by atoms with Crippen molar-refractivity contribution in [3.63, 3.8) is 0 Å². The van der Waals surface area contributed by atoms with Crippen molar-refractivity contribution in [2.75, 3.05) is 33.3 Å². The highest BCUT2D eigenvalue weighted by atomic mass is 16.6. The Hall–Kier alpha value is -3.50. The fraction of sp³-hybridized carbons (Fsp3) is 0.632. The maximum absolute atomic E-state index is 14.4. The van der Waals surface area contributed by atoms with Gasteiger partial charge < -0.3 is 29.3 Å². The van der Waals surface area contributed by atoms with Gasteiger partial charge in [-0.1, -0.05) is 68.7 Å². The molecule has 4 rings (SSSR count). The summed E-state index contributed by atoms with van der Waals surface area (Å²) in [6.45, 7) is 12.9. The monoisotopic (exact) mass is 665 g/mol. The fourth-order valence-electron chi connectivity index (χ4n) is 7.78. The predicted molar refractivity (Wildman–Crippen MR) is 183 cm³/mol.